The fourth-order valence-electron chi connectivity index (χ4n) is 1.95. The van der Waals surface area contributed by atoms with Crippen molar-refractivity contribution in [2.24, 2.45) is 0 Å². The molecule has 2 aromatic rings. The molecule has 0 bridgehead atoms. The largest absolute Gasteiger partial charge is 0.483 e. The van der Waals surface area contributed by atoms with E-state index in [1.807, 2.05) is 0 Å². The Morgan fingerprint density at radius 2 is 2.30 bits per heavy atom. The molecule has 6 heteroatoms. The Hall–Kier alpha value is -1.95. The van der Waals surface area contributed by atoms with Gasteiger partial charge in [0.05, 0.1) is 6.10 Å². The zero-order valence-corrected chi connectivity index (χ0v) is 11.0. The van der Waals surface area contributed by atoms with E-state index in [1.165, 1.54) is 18.2 Å². The van der Waals surface area contributed by atoms with Crippen LogP contribution in [0.2, 0.25) is 0 Å². The minimum absolute atomic E-state index is 0.0584. The topological polar surface area (TPSA) is 68.4 Å². The highest BCUT2D eigenvalue weighted by molar-refractivity contribution is 5.35. The predicted octanol–water partition coefficient (Wildman–Crippen LogP) is 2.72. The van der Waals surface area contributed by atoms with E-state index < -0.39 is 11.9 Å². The summed E-state index contributed by atoms with van der Waals surface area (Å²) in [6.45, 7) is 1.65. The molecule has 0 radical (unpaired) electrons. The van der Waals surface area contributed by atoms with E-state index in [2.05, 4.69) is 10.1 Å². The van der Waals surface area contributed by atoms with Gasteiger partial charge in [0, 0.05) is 17.5 Å². The molecule has 1 aliphatic rings. The average Bonchev–Trinajstić information content (AvgIpc) is 3.15. The Balaban J connectivity index is 1.71. The van der Waals surface area contributed by atoms with E-state index in [0.29, 0.717) is 23.2 Å². The lowest BCUT2D eigenvalue weighted by molar-refractivity contribution is 0.185. The van der Waals surface area contributed by atoms with E-state index in [4.69, 9.17) is 9.26 Å². The Bertz CT molecular complexity index is 608. The van der Waals surface area contributed by atoms with Crippen LogP contribution in [0.25, 0.3) is 0 Å². The molecule has 5 nitrogen and oxygen atoms in total. The quantitative estimate of drug-likeness (QED) is 0.910. The lowest BCUT2D eigenvalue weighted by Crippen LogP contribution is -2.02. The summed E-state index contributed by atoms with van der Waals surface area (Å²) in [5, 5.41) is 13.5. The highest BCUT2D eigenvalue weighted by Gasteiger charge is 2.28. The number of ether oxygens (including phenoxy) is 1. The first-order valence-electron chi connectivity index (χ1n) is 6.56. The molecule has 1 heterocycles. The third kappa shape index (κ3) is 2.80. The van der Waals surface area contributed by atoms with Gasteiger partial charge in [-0.15, -0.1) is 0 Å². The molecule has 1 unspecified atom stereocenters. The first-order valence-corrected chi connectivity index (χ1v) is 6.56. The summed E-state index contributed by atoms with van der Waals surface area (Å²) in [7, 11) is 0. The van der Waals surface area contributed by atoms with Crippen LogP contribution in [-0.4, -0.2) is 15.2 Å². The maximum absolute atomic E-state index is 13.2. The minimum Gasteiger partial charge on any atom is -0.483 e. The average molecular weight is 278 g/mol. The van der Waals surface area contributed by atoms with E-state index in [0.717, 1.165) is 12.8 Å². The second-order valence-corrected chi connectivity index (χ2v) is 4.97. The fourth-order valence-corrected chi connectivity index (χ4v) is 1.95. The van der Waals surface area contributed by atoms with Gasteiger partial charge in [-0.3, -0.25) is 0 Å². The van der Waals surface area contributed by atoms with Gasteiger partial charge in [-0.05, 0) is 31.9 Å². The monoisotopic (exact) mass is 278 g/mol. The lowest BCUT2D eigenvalue weighted by atomic mass is 10.1. The van der Waals surface area contributed by atoms with Crippen LogP contribution in [0.4, 0.5) is 4.39 Å². The zero-order valence-electron chi connectivity index (χ0n) is 11.0. The molecule has 106 valence electrons. The molecule has 1 atom stereocenters. The van der Waals surface area contributed by atoms with Crippen molar-refractivity contribution in [2.45, 2.75) is 38.4 Å². The second kappa shape index (κ2) is 5.20. The smallest absolute Gasteiger partial charge is 0.264 e. The van der Waals surface area contributed by atoms with Crippen LogP contribution in [0.1, 0.15) is 49.1 Å². The Morgan fingerprint density at radius 3 is 3.00 bits per heavy atom. The highest BCUT2D eigenvalue weighted by atomic mass is 19.1. The molecular weight excluding hydrogens is 263 g/mol. The number of halogens is 1. The molecule has 1 fully saturated rings. The van der Waals surface area contributed by atoms with Gasteiger partial charge in [0.15, 0.2) is 12.4 Å². The number of rotatable bonds is 5. The first kappa shape index (κ1) is 13.1. The molecule has 1 aromatic heterocycles. The van der Waals surface area contributed by atoms with Crippen molar-refractivity contribution in [1.82, 2.24) is 10.1 Å². The molecule has 1 saturated carbocycles. The van der Waals surface area contributed by atoms with Crippen LogP contribution in [0.5, 0.6) is 5.75 Å². The van der Waals surface area contributed by atoms with Crippen LogP contribution >= 0.6 is 0 Å². The van der Waals surface area contributed by atoms with Gasteiger partial charge in [-0.25, -0.2) is 4.39 Å². The molecule has 0 saturated heterocycles. The van der Waals surface area contributed by atoms with E-state index in [9.17, 15) is 9.50 Å². The van der Waals surface area contributed by atoms with Crippen molar-refractivity contribution in [3.8, 4) is 5.75 Å². The van der Waals surface area contributed by atoms with Gasteiger partial charge >= 0.3 is 0 Å². The molecule has 1 aromatic carbocycles. The van der Waals surface area contributed by atoms with Crippen LogP contribution < -0.4 is 4.74 Å². The summed E-state index contributed by atoms with van der Waals surface area (Å²) in [6, 6.07) is 4.02. The molecule has 0 spiro atoms. The summed E-state index contributed by atoms with van der Waals surface area (Å²) >= 11 is 0. The number of aliphatic hydroxyl groups is 1. The van der Waals surface area contributed by atoms with Crippen LogP contribution in [-0.2, 0) is 6.61 Å². The van der Waals surface area contributed by atoms with Crippen molar-refractivity contribution in [3.63, 3.8) is 0 Å². The highest BCUT2D eigenvalue weighted by Crippen LogP contribution is 2.38. The second-order valence-electron chi connectivity index (χ2n) is 4.97. The standard InChI is InChI=1S/C14H15FN2O3/c1-8(18)11-5-4-10(15)6-12(11)19-7-13-16-14(17-20-13)9-2-3-9/h4-6,8-9,18H,2-3,7H2,1H3. The summed E-state index contributed by atoms with van der Waals surface area (Å²) in [4.78, 5) is 4.23. The molecule has 0 amide bonds. The van der Waals surface area contributed by atoms with Crippen LogP contribution in [0, 0.1) is 5.82 Å². The van der Waals surface area contributed by atoms with Crippen LogP contribution in [0.15, 0.2) is 22.7 Å². The summed E-state index contributed by atoms with van der Waals surface area (Å²) in [6.07, 6.45) is 1.45. The summed E-state index contributed by atoms with van der Waals surface area (Å²) < 4.78 is 23.8. The maximum Gasteiger partial charge on any atom is 0.264 e. The number of aliphatic hydroxyl groups excluding tert-OH is 1. The van der Waals surface area contributed by atoms with Crippen molar-refractivity contribution < 1.29 is 18.8 Å². The Kier molecular flexibility index (Phi) is 3.40. The number of benzene rings is 1. The van der Waals surface area contributed by atoms with Crippen LogP contribution in [0.3, 0.4) is 0 Å². The van der Waals surface area contributed by atoms with Gasteiger partial charge in [-0.1, -0.05) is 5.16 Å². The number of aromatic nitrogens is 2. The van der Waals surface area contributed by atoms with Crippen molar-refractivity contribution in [1.29, 1.82) is 0 Å². The zero-order chi connectivity index (χ0) is 14.1. The molecule has 1 aliphatic carbocycles. The van der Waals surface area contributed by atoms with Crippen molar-refractivity contribution in [3.05, 3.63) is 41.3 Å². The van der Waals surface area contributed by atoms with Gasteiger partial charge < -0.3 is 14.4 Å². The SMILES string of the molecule is CC(O)c1ccc(F)cc1OCc1nc(C2CC2)no1. The summed E-state index contributed by atoms with van der Waals surface area (Å²) in [5.41, 5.74) is 0.522. The van der Waals surface area contributed by atoms with Crippen molar-refractivity contribution in [2.75, 3.05) is 0 Å². The van der Waals surface area contributed by atoms with E-state index in [1.54, 1.807) is 6.92 Å². The third-order valence-electron chi connectivity index (χ3n) is 3.20. The minimum atomic E-state index is -0.740. The number of hydrogen-bond acceptors (Lipinski definition) is 5. The van der Waals surface area contributed by atoms with Gasteiger partial charge in [0.25, 0.3) is 5.89 Å². The predicted molar refractivity (Wildman–Crippen MR) is 67.6 cm³/mol. The first-order chi connectivity index (χ1) is 9.63. The molecule has 1 N–H and O–H groups in total. The Labute approximate surface area is 115 Å². The molecule has 0 aliphatic heterocycles. The van der Waals surface area contributed by atoms with Crippen molar-refractivity contribution >= 4 is 0 Å². The third-order valence-corrected chi connectivity index (χ3v) is 3.20. The van der Waals surface area contributed by atoms with E-state index in [-0.39, 0.29) is 12.4 Å². The van der Waals surface area contributed by atoms with E-state index >= 15 is 0 Å². The molecule has 20 heavy (non-hydrogen) atoms. The molecular formula is C14H15FN2O3. The normalized spacial score (nSPS) is 16.1. The lowest BCUT2D eigenvalue weighted by Gasteiger charge is -2.12. The maximum atomic E-state index is 13.2. The van der Waals surface area contributed by atoms with Gasteiger partial charge in [0.2, 0.25) is 0 Å². The number of nitrogens with zero attached hydrogens (tertiary/aromatic N) is 2. The van der Waals surface area contributed by atoms with Gasteiger partial charge in [-0.2, -0.15) is 4.98 Å². The molecule has 3 rings (SSSR count). The fraction of sp³-hybridized carbons (Fsp3) is 0.429. The summed E-state index contributed by atoms with van der Waals surface area (Å²) in [5.74, 6) is 1.33. The van der Waals surface area contributed by atoms with Gasteiger partial charge in [0.1, 0.15) is 11.6 Å². The Morgan fingerprint density at radius 1 is 1.50 bits per heavy atom. The number of hydrogen-bond donors (Lipinski definition) is 1.